The molecule has 0 bridgehead atoms. The minimum absolute atomic E-state index is 0.177. The lowest BCUT2D eigenvalue weighted by molar-refractivity contribution is 0.103. The number of halogens is 1. The Labute approximate surface area is 178 Å². The highest BCUT2D eigenvalue weighted by Gasteiger charge is 2.26. The van der Waals surface area contributed by atoms with Gasteiger partial charge in [0.05, 0.1) is 22.4 Å². The average molecular weight is 431 g/mol. The van der Waals surface area contributed by atoms with Gasteiger partial charge in [-0.2, -0.15) is 0 Å². The zero-order chi connectivity index (χ0) is 20.5. The molecule has 1 N–H and O–H groups in total. The number of methoxy groups -OCH3 is 1. The molecule has 1 aliphatic heterocycles. The predicted molar refractivity (Wildman–Crippen MR) is 119 cm³/mol. The van der Waals surface area contributed by atoms with E-state index in [1.54, 1.807) is 31.6 Å². The molecule has 1 aromatic carbocycles. The van der Waals surface area contributed by atoms with Gasteiger partial charge < -0.3 is 15.0 Å². The highest BCUT2D eigenvalue weighted by Crippen LogP contribution is 2.37. The predicted octanol–water partition coefficient (Wildman–Crippen LogP) is 5.29. The van der Waals surface area contributed by atoms with Gasteiger partial charge in [-0.15, -0.1) is 11.3 Å². The Morgan fingerprint density at radius 1 is 1.34 bits per heavy atom. The second kappa shape index (κ2) is 8.16. The standard InChI is InChI=1S/C21H23ClN4O2S/c1-12-6-4-5-9-26(12)19-17-13(2)18(29-21(17)24-11-23-19)20(27)25-14-7-8-16(28-3)15(22)10-14/h7-8,10-12H,4-6,9H2,1-3H3,(H,25,27). The Kier molecular flexibility index (Phi) is 5.61. The van der Waals surface area contributed by atoms with Crippen LogP contribution in [0.5, 0.6) is 5.75 Å². The molecule has 1 unspecified atom stereocenters. The Hall–Kier alpha value is -2.38. The molecule has 1 aliphatic rings. The van der Waals surface area contributed by atoms with E-state index in [4.69, 9.17) is 16.3 Å². The molecule has 0 spiro atoms. The number of nitrogens with one attached hydrogen (secondary N) is 1. The fourth-order valence-electron chi connectivity index (χ4n) is 3.83. The molecule has 3 aromatic rings. The first-order valence-corrected chi connectivity index (χ1v) is 10.8. The maximum Gasteiger partial charge on any atom is 0.266 e. The number of carbonyl (C=O) groups is 1. The van der Waals surface area contributed by atoms with Gasteiger partial charge in [-0.05, 0) is 56.9 Å². The van der Waals surface area contributed by atoms with Crippen molar-refractivity contribution in [2.45, 2.75) is 39.2 Å². The quantitative estimate of drug-likeness (QED) is 0.608. The van der Waals surface area contributed by atoms with Gasteiger partial charge in [0, 0.05) is 18.3 Å². The molecule has 1 amide bonds. The van der Waals surface area contributed by atoms with Gasteiger partial charge in [0.15, 0.2) is 0 Å². The summed E-state index contributed by atoms with van der Waals surface area (Å²) in [5, 5.41) is 4.36. The number of thiophene rings is 1. The molecule has 8 heteroatoms. The van der Waals surface area contributed by atoms with E-state index >= 15 is 0 Å². The third kappa shape index (κ3) is 3.76. The van der Waals surface area contributed by atoms with Crippen molar-refractivity contribution in [3.05, 3.63) is 40.0 Å². The largest absolute Gasteiger partial charge is 0.495 e. The van der Waals surface area contributed by atoms with Crippen LogP contribution >= 0.6 is 22.9 Å². The highest BCUT2D eigenvalue weighted by atomic mass is 35.5. The van der Waals surface area contributed by atoms with E-state index in [-0.39, 0.29) is 5.91 Å². The normalized spacial score (nSPS) is 16.8. The van der Waals surface area contributed by atoms with Crippen LogP contribution < -0.4 is 15.0 Å². The smallest absolute Gasteiger partial charge is 0.266 e. The summed E-state index contributed by atoms with van der Waals surface area (Å²) in [5.74, 6) is 1.32. The molecule has 0 radical (unpaired) electrons. The van der Waals surface area contributed by atoms with Gasteiger partial charge in [0.2, 0.25) is 0 Å². The highest BCUT2D eigenvalue weighted by molar-refractivity contribution is 7.20. The van der Waals surface area contributed by atoms with Gasteiger partial charge in [-0.1, -0.05) is 11.6 Å². The van der Waals surface area contributed by atoms with Crippen LogP contribution in [-0.4, -0.2) is 35.6 Å². The molecule has 2 aromatic heterocycles. The minimum atomic E-state index is -0.177. The summed E-state index contributed by atoms with van der Waals surface area (Å²) >= 11 is 7.57. The van der Waals surface area contributed by atoms with Gasteiger partial charge in [-0.25, -0.2) is 9.97 Å². The number of carbonyl (C=O) groups excluding carboxylic acids is 1. The minimum Gasteiger partial charge on any atom is -0.495 e. The number of amides is 1. The van der Waals surface area contributed by atoms with Crippen LogP contribution in [0.15, 0.2) is 24.5 Å². The molecule has 0 aliphatic carbocycles. The fraction of sp³-hybridized carbons (Fsp3) is 0.381. The van der Waals surface area contributed by atoms with Crippen LogP contribution in [-0.2, 0) is 0 Å². The third-order valence-electron chi connectivity index (χ3n) is 5.40. The number of piperidine rings is 1. The monoisotopic (exact) mass is 430 g/mol. The molecule has 152 valence electrons. The number of nitrogens with zero attached hydrogens (tertiary/aromatic N) is 3. The third-order valence-corrected chi connectivity index (χ3v) is 6.89. The maximum atomic E-state index is 13.0. The Morgan fingerprint density at radius 3 is 2.90 bits per heavy atom. The summed E-state index contributed by atoms with van der Waals surface area (Å²) in [6.45, 7) is 5.18. The van der Waals surface area contributed by atoms with Gasteiger partial charge >= 0.3 is 0 Å². The lowest BCUT2D eigenvalue weighted by Gasteiger charge is -2.34. The lowest BCUT2D eigenvalue weighted by Crippen LogP contribution is -2.38. The Balaban J connectivity index is 1.68. The molecular weight excluding hydrogens is 408 g/mol. The first kappa shape index (κ1) is 19.9. The molecule has 1 atom stereocenters. The zero-order valence-electron chi connectivity index (χ0n) is 16.7. The van der Waals surface area contributed by atoms with Gasteiger partial charge in [0.25, 0.3) is 5.91 Å². The number of hydrogen-bond donors (Lipinski definition) is 1. The number of benzene rings is 1. The van der Waals surface area contributed by atoms with Crippen molar-refractivity contribution in [2.75, 3.05) is 23.9 Å². The van der Waals surface area contributed by atoms with Crippen LogP contribution in [0, 0.1) is 6.92 Å². The topological polar surface area (TPSA) is 67.3 Å². The summed E-state index contributed by atoms with van der Waals surface area (Å²) in [4.78, 5) is 25.8. The average Bonchev–Trinajstić information content (AvgIpc) is 3.06. The second-order valence-electron chi connectivity index (χ2n) is 7.28. The number of rotatable bonds is 4. The molecule has 6 nitrogen and oxygen atoms in total. The van der Waals surface area contributed by atoms with E-state index in [1.165, 1.54) is 17.8 Å². The zero-order valence-corrected chi connectivity index (χ0v) is 18.2. The van der Waals surface area contributed by atoms with Crippen LogP contribution in [0.4, 0.5) is 11.5 Å². The summed E-state index contributed by atoms with van der Waals surface area (Å²) in [6.07, 6.45) is 5.15. The van der Waals surface area contributed by atoms with Gasteiger partial charge in [-0.3, -0.25) is 4.79 Å². The van der Waals surface area contributed by atoms with E-state index in [9.17, 15) is 4.79 Å². The lowest BCUT2D eigenvalue weighted by atomic mass is 10.0. The molecule has 3 heterocycles. The van der Waals surface area contributed by atoms with E-state index in [0.29, 0.717) is 27.4 Å². The molecule has 4 rings (SSSR count). The molecule has 1 fully saturated rings. The summed E-state index contributed by atoms with van der Waals surface area (Å²) in [6, 6.07) is 5.62. The van der Waals surface area contributed by atoms with Crippen molar-refractivity contribution >= 4 is 50.6 Å². The fourth-order valence-corrected chi connectivity index (χ4v) is 5.13. The summed E-state index contributed by atoms with van der Waals surface area (Å²) in [5.41, 5.74) is 1.53. The SMILES string of the molecule is COc1ccc(NC(=O)c2sc3ncnc(N4CCCCC4C)c3c2C)cc1Cl. The van der Waals surface area contributed by atoms with Crippen molar-refractivity contribution in [3.8, 4) is 5.75 Å². The van der Waals surface area contributed by atoms with E-state index in [2.05, 4.69) is 27.1 Å². The second-order valence-corrected chi connectivity index (χ2v) is 8.68. The first-order valence-electron chi connectivity index (χ1n) is 9.65. The first-order chi connectivity index (χ1) is 14.0. The summed E-state index contributed by atoms with van der Waals surface area (Å²) < 4.78 is 5.17. The van der Waals surface area contributed by atoms with E-state index in [1.807, 2.05) is 6.92 Å². The molecule has 1 saturated heterocycles. The summed E-state index contributed by atoms with van der Waals surface area (Å²) in [7, 11) is 1.56. The van der Waals surface area contributed by atoms with Crippen LogP contribution in [0.2, 0.25) is 5.02 Å². The van der Waals surface area contributed by atoms with Crippen molar-refractivity contribution < 1.29 is 9.53 Å². The van der Waals surface area contributed by atoms with Crippen LogP contribution in [0.1, 0.15) is 41.4 Å². The maximum absolute atomic E-state index is 13.0. The molecule has 29 heavy (non-hydrogen) atoms. The van der Waals surface area contributed by atoms with Crippen molar-refractivity contribution in [3.63, 3.8) is 0 Å². The number of anilines is 2. The van der Waals surface area contributed by atoms with Crippen LogP contribution in [0.3, 0.4) is 0 Å². The number of fused-ring (bicyclic) bond motifs is 1. The Bertz CT molecular complexity index is 1070. The number of aromatic nitrogens is 2. The Morgan fingerprint density at radius 2 is 2.17 bits per heavy atom. The van der Waals surface area contributed by atoms with Gasteiger partial charge in [0.1, 0.15) is 22.7 Å². The molecular formula is C21H23ClN4O2S. The number of hydrogen-bond acceptors (Lipinski definition) is 6. The van der Waals surface area contributed by atoms with Crippen molar-refractivity contribution in [1.29, 1.82) is 0 Å². The van der Waals surface area contributed by atoms with E-state index in [0.717, 1.165) is 41.0 Å². The number of ether oxygens (including phenoxy) is 1. The van der Waals surface area contributed by atoms with Crippen molar-refractivity contribution in [1.82, 2.24) is 9.97 Å². The van der Waals surface area contributed by atoms with E-state index < -0.39 is 0 Å². The molecule has 0 saturated carbocycles. The van der Waals surface area contributed by atoms with Crippen LogP contribution in [0.25, 0.3) is 10.2 Å². The van der Waals surface area contributed by atoms with Crippen molar-refractivity contribution in [2.24, 2.45) is 0 Å². The number of aryl methyl sites for hydroxylation is 1.